The molecule has 0 atom stereocenters. The average molecular weight is 403 g/mol. The number of benzene rings is 2. The molecule has 152 valence electrons. The second-order valence-electron chi connectivity index (χ2n) is 7.53. The quantitative estimate of drug-likeness (QED) is 0.410. The van der Waals surface area contributed by atoms with Crippen molar-refractivity contribution in [3.8, 4) is 0 Å². The van der Waals surface area contributed by atoms with Gasteiger partial charge in [0.25, 0.3) is 5.56 Å². The molecule has 30 heavy (non-hydrogen) atoms. The summed E-state index contributed by atoms with van der Waals surface area (Å²) < 4.78 is 1.28. The molecule has 7 nitrogen and oxygen atoms in total. The number of allylic oxidation sites excluding steroid dienone is 1. The van der Waals surface area contributed by atoms with E-state index < -0.39 is 0 Å². The van der Waals surface area contributed by atoms with Crippen molar-refractivity contribution in [2.24, 2.45) is 0 Å². The van der Waals surface area contributed by atoms with Crippen molar-refractivity contribution in [3.05, 3.63) is 74.6 Å². The van der Waals surface area contributed by atoms with E-state index in [1.54, 1.807) is 19.1 Å². The number of carbonyl (C=O) groups is 2. The highest BCUT2D eigenvalue weighted by Crippen LogP contribution is 2.28. The number of rotatable bonds is 3. The molecule has 0 unspecified atom stereocenters. The lowest BCUT2D eigenvalue weighted by molar-refractivity contribution is -0.123. The van der Waals surface area contributed by atoms with E-state index in [1.807, 2.05) is 31.2 Å². The first-order chi connectivity index (χ1) is 14.4. The van der Waals surface area contributed by atoms with Crippen molar-refractivity contribution in [1.29, 1.82) is 0 Å². The molecule has 1 saturated carbocycles. The normalized spacial score (nSPS) is 14.4. The zero-order valence-corrected chi connectivity index (χ0v) is 16.8. The lowest BCUT2D eigenvalue weighted by Crippen LogP contribution is -2.26. The maximum Gasteiger partial charge on any atom is 0.278 e. The summed E-state index contributed by atoms with van der Waals surface area (Å²) in [4.78, 5) is 37.6. The Morgan fingerprint density at radius 2 is 1.73 bits per heavy atom. The maximum absolute atomic E-state index is 13.2. The van der Waals surface area contributed by atoms with Gasteiger partial charge in [-0.05, 0) is 49.1 Å². The summed E-state index contributed by atoms with van der Waals surface area (Å²) in [5.74, 6) is -1.10. The number of ketones is 2. The molecule has 1 heterocycles. The first-order valence-electron chi connectivity index (χ1n) is 9.80. The summed E-state index contributed by atoms with van der Waals surface area (Å²) >= 11 is 0. The molecule has 0 bridgehead atoms. The van der Waals surface area contributed by atoms with Gasteiger partial charge in [-0.2, -0.15) is 0 Å². The molecule has 1 N–H and O–H groups in total. The number of nitrogens with zero attached hydrogens (tertiary/aromatic N) is 3. The number of hydrogen-bond donors (Lipinski definition) is 1. The van der Waals surface area contributed by atoms with Crippen LogP contribution < -0.4 is 5.56 Å². The number of aryl methyl sites for hydroxylation is 2. The third-order valence-electron chi connectivity index (χ3n) is 5.59. The van der Waals surface area contributed by atoms with Gasteiger partial charge in [0.2, 0.25) is 0 Å². The molecule has 1 aliphatic rings. The van der Waals surface area contributed by atoms with Crippen LogP contribution in [0, 0.1) is 13.8 Å². The molecule has 0 aliphatic heterocycles. The summed E-state index contributed by atoms with van der Waals surface area (Å²) in [6.07, 6.45) is 0.948. The van der Waals surface area contributed by atoms with E-state index in [0.717, 1.165) is 11.1 Å². The third-order valence-corrected chi connectivity index (χ3v) is 5.59. The lowest BCUT2D eigenvalue weighted by Gasteiger charge is -2.16. The Kier molecular flexibility index (Phi) is 5.03. The van der Waals surface area contributed by atoms with Crippen LogP contribution in [0.15, 0.2) is 46.8 Å². The fourth-order valence-electron chi connectivity index (χ4n) is 3.85. The van der Waals surface area contributed by atoms with Crippen molar-refractivity contribution < 1.29 is 14.7 Å². The Bertz CT molecular complexity index is 1270. The van der Waals surface area contributed by atoms with Gasteiger partial charge in [-0.25, -0.2) is 4.68 Å². The van der Waals surface area contributed by atoms with Crippen molar-refractivity contribution >= 4 is 28.2 Å². The van der Waals surface area contributed by atoms with Crippen molar-refractivity contribution in [2.45, 2.75) is 39.7 Å². The van der Waals surface area contributed by atoms with Crippen LogP contribution in [0.25, 0.3) is 16.7 Å². The Morgan fingerprint density at radius 3 is 2.43 bits per heavy atom. The Hall–Kier alpha value is -3.61. The molecule has 1 aliphatic carbocycles. The molecule has 0 spiro atoms. The molecule has 3 aromatic rings. The van der Waals surface area contributed by atoms with Gasteiger partial charge in [0.15, 0.2) is 11.6 Å². The molecule has 1 fully saturated rings. The highest BCUT2D eigenvalue weighted by atomic mass is 16.3. The average Bonchev–Trinajstić information content (AvgIpc) is 2.71. The molecular formula is C23H21N3O4. The van der Waals surface area contributed by atoms with E-state index in [-0.39, 0.29) is 53.4 Å². The lowest BCUT2D eigenvalue weighted by atomic mass is 9.88. The van der Waals surface area contributed by atoms with Crippen LogP contribution in [0.5, 0.6) is 0 Å². The zero-order chi connectivity index (χ0) is 21.4. The summed E-state index contributed by atoms with van der Waals surface area (Å²) in [6, 6.07) is 10.8. The van der Waals surface area contributed by atoms with Crippen LogP contribution in [0.4, 0.5) is 0 Å². The number of carbonyl (C=O) groups excluding carboxylic acids is 2. The van der Waals surface area contributed by atoms with Crippen LogP contribution in [0.1, 0.15) is 41.5 Å². The van der Waals surface area contributed by atoms with Crippen molar-refractivity contribution in [3.63, 3.8) is 0 Å². The minimum atomic E-state index is -0.370. The van der Waals surface area contributed by atoms with Gasteiger partial charge >= 0.3 is 0 Å². The largest absolute Gasteiger partial charge is 0.506 e. The summed E-state index contributed by atoms with van der Waals surface area (Å²) in [6.45, 7) is 3.90. The first kappa shape index (κ1) is 19.7. The standard InChI is InChI=1S/C23H21N3O4/c1-13-6-3-4-7-15(13)12-26-23(30)20-14(2)16(10-11-17(20)24-25-26)22(29)21-18(27)8-5-9-19(21)28/h3-4,6-7,10-11,29H,5,8-9,12H2,1-2H3. The van der Waals surface area contributed by atoms with Gasteiger partial charge in [0, 0.05) is 18.4 Å². The van der Waals surface area contributed by atoms with Crippen LogP contribution in [0.3, 0.4) is 0 Å². The molecule has 1 aromatic heterocycles. The topological polar surface area (TPSA) is 102 Å². The fourth-order valence-corrected chi connectivity index (χ4v) is 3.85. The SMILES string of the molecule is Cc1ccccc1Cn1nnc2ccc(C(O)=C3C(=O)CCCC3=O)c(C)c2c1=O. The molecule has 0 saturated heterocycles. The van der Waals surface area contributed by atoms with Gasteiger partial charge in [0.05, 0.1) is 11.9 Å². The van der Waals surface area contributed by atoms with Crippen LogP contribution >= 0.6 is 0 Å². The number of aliphatic hydroxyl groups is 1. The highest BCUT2D eigenvalue weighted by molar-refractivity contribution is 6.25. The smallest absolute Gasteiger partial charge is 0.278 e. The number of Topliss-reactive ketones (excluding diaryl/α,β-unsaturated/α-hetero) is 2. The Balaban J connectivity index is 1.87. The van der Waals surface area contributed by atoms with E-state index in [4.69, 9.17) is 0 Å². The molecule has 0 amide bonds. The molecule has 7 heteroatoms. The predicted molar refractivity (Wildman–Crippen MR) is 112 cm³/mol. The zero-order valence-electron chi connectivity index (χ0n) is 16.8. The molecule has 0 radical (unpaired) electrons. The fraction of sp³-hybridized carbons (Fsp3) is 0.261. The second kappa shape index (κ2) is 7.67. The number of fused-ring (bicyclic) bond motifs is 1. The minimum Gasteiger partial charge on any atom is -0.506 e. The van der Waals surface area contributed by atoms with E-state index in [2.05, 4.69) is 10.3 Å². The van der Waals surface area contributed by atoms with Gasteiger partial charge < -0.3 is 5.11 Å². The maximum atomic E-state index is 13.2. The minimum absolute atomic E-state index is 0.175. The van der Waals surface area contributed by atoms with Crippen molar-refractivity contribution in [2.75, 3.05) is 0 Å². The van der Waals surface area contributed by atoms with E-state index >= 15 is 0 Å². The van der Waals surface area contributed by atoms with Crippen LogP contribution in [0.2, 0.25) is 0 Å². The highest BCUT2D eigenvalue weighted by Gasteiger charge is 2.28. The molecule has 4 rings (SSSR count). The van der Waals surface area contributed by atoms with Gasteiger partial charge in [-0.15, -0.1) is 5.10 Å². The Morgan fingerprint density at radius 1 is 1.03 bits per heavy atom. The predicted octanol–water partition coefficient (Wildman–Crippen LogP) is 3.05. The van der Waals surface area contributed by atoms with Crippen LogP contribution in [-0.4, -0.2) is 31.7 Å². The summed E-state index contributed by atoms with van der Waals surface area (Å²) in [5, 5.41) is 19.3. The number of hydrogen-bond acceptors (Lipinski definition) is 6. The monoisotopic (exact) mass is 403 g/mol. The molecule has 2 aromatic carbocycles. The van der Waals surface area contributed by atoms with E-state index in [9.17, 15) is 19.5 Å². The van der Waals surface area contributed by atoms with E-state index in [0.29, 0.717) is 22.9 Å². The van der Waals surface area contributed by atoms with Crippen LogP contribution in [-0.2, 0) is 16.1 Å². The summed E-state index contributed by atoms with van der Waals surface area (Å²) in [5.41, 5.74) is 2.60. The second-order valence-corrected chi connectivity index (χ2v) is 7.53. The number of aliphatic hydroxyl groups excluding tert-OH is 1. The van der Waals surface area contributed by atoms with Gasteiger partial charge in [0.1, 0.15) is 16.8 Å². The molecular weight excluding hydrogens is 382 g/mol. The van der Waals surface area contributed by atoms with Crippen molar-refractivity contribution in [1.82, 2.24) is 15.0 Å². The van der Waals surface area contributed by atoms with Gasteiger partial charge in [-0.3, -0.25) is 14.4 Å². The third kappa shape index (κ3) is 3.32. The summed E-state index contributed by atoms with van der Waals surface area (Å²) in [7, 11) is 0. The first-order valence-corrected chi connectivity index (χ1v) is 9.80. The van der Waals surface area contributed by atoms with E-state index in [1.165, 1.54) is 4.68 Å². The Labute approximate surface area is 172 Å². The number of aromatic nitrogens is 3. The van der Waals surface area contributed by atoms with Gasteiger partial charge in [-0.1, -0.05) is 29.5 Å².